The zero-order valence-corrected chi connectivity index (χ0v) is 13.4. The third-order valence-corrected chi connectivity index (χ3v) is 3.63. The van der Waals surface area contributed by atoms with Crippen LogP contribution in [0.25, 0.3) is 11.0 Å². The quantitative estimate of drug-likeness (QED) is 0.828. The van der Waals surface area contributed by atoms with Gasteiger partial charge in [-0.25, -0.2) is 4.63 Å². The highest BCUT2D eigenvalue weighted by Gasteiger charge is 2.19. The summed E-state index contributed by atoms with van der Waals surface area (Å²) in [5.41, 5.74) is 3.20. The Hall–Kier alpha value is -1.93. The number of hydrogen-bond acceptors (Lipinski definition) is 6. The third kappa shape index (κ3) is 3.12. The number of hydrogen-bond donors (Lipinski definition) is 2. The molecule has 1 saturated heterocycles. The minimum absolute atomic E-state index is 0.263. The molecule has 0 radical (unpaired) electrons. The number of nitrogens with one attached hydrogen (secondary N) is 2. The second-order valence-corrected chi connectivity index (χ2v) is 5.85. The summed E-state index contributed by atoms with van der Waals surface area (Å²) < 4.78 is 10.3. The molecule has 0 atom stereocenters. The van der Waals surface area contributed by atoms with Gasteiger partial charge < -0.3 is 20.3 Å². The molecule has 0 bridgehead atoms. The van der Waals surface area contributed by atoms with E-state index in [0.717, 1.165) is 43.2 Å². The van der Waals surface area contributed by atoms with Crippen LogP contribution in [0.4, 0.5) is 11.4 Å². The van der Waals surface area contributed by atoms with Crippen LogP contribution in [0.1, 0.15) is 13.8 Å². The maximum atomic E-state index is 5.39. The number of nitrogens with zero attached hydrogens (tertiary/aromatic N) is 3. The number of thiocarbonyl (C=S) groups is 1. The second-order valence-electron chi connectivity index (χ2n) is 5.45. The van der Waals surface area contributed by atoms with E-state index < -0.39 is 0 Å². The van der Waals surface area contributed by atoms with E-state index in [0.29, 0.717) is 10.6 Å². The number of benzene rings is 1. The van der Waals surface area contributed by atoms with Gasteiger partial charge in [-0.15, -0.1) is 0 Å². The Kier molecular flexibility index (Phi) is 4.39. The smallest absolute Gasteiger partial charge is 0.171 e. The van der Waals surface area contributed by atoms with Crippen molar-refractivity contribution in [3.63, 3.8) is 0 Å². The number of anilines is 2. The highest BCUT2D eigenvalue weighted by Crippen LogP contribution is 2.30. The van der Waals surface area contributed by atoms with E-state index in [2.05, 4.69) is 25.8 Å². The third-order valence-electron chi connectivity index (χ3n) is 3.41. The fraction of sp³-hybridized carbons (Fsp3) is 0.500. The number of ether oxygens (including phenoxy) is 1. The Morgan fingerprint density at radius 3 is 2.68 bits per heavy atom. The van der Waals surface area contributed by atoms with Crippen LogP contribution < -0.4 is 15.5 Å². The molecule has 1 aromatic carbocycles. The van der Waals surface area contributed by atoms with Crippen molar-refractivity contribution in [1.82, 2.24) is 15.6 Å². The van der Waals surface area contributed by atoms with Crippen molar-refractivity contribution in [2.75, 3.05) is 36.5 Å². The minimum Gasteiger partial charge on any atom is -0.378 e. The molecule has 0 unspecified atom stereocenters. The summed E-state index contributed by atoms with van der Waals surface area (Å²) in [5, 5.41) is 14.9. The Morgan fingerprint density at radius 2 is 1.95 bits per heavy atom. The lowest BCUT2D eigenvalue weighted by atomic mass is 10.2. The first-order valence-corrected chi connectivity index (χ1v) is 7.71. The number of fused-ring (bicyclic) bond motifs is 1. The summed E-state index contributed by atoms with van der Waals surface area (Å²) in [5.74, 6) is 0. The molecule has 0 amide bonds. The van der Waals surface area contributed by atoms with Gasteiger partial charge in [0.05, 0.1) is 24.6 Å². The van der Waals surface area contributed by atoms with E-state index in [1.54, 1.807) is 0 Å². The molecule has 8 heteroatoms. The molecule has 1 fully saturated rings. The summed E-state index contributed by atoms with van der Waals surface area (Å²) in [6.45, 7) is 7.17. The van der Waals surface area contributed by atoms with Crippen molar-refractivity contribution < 1.29 is 9.37 Å². The highest BCUT2D eigenvalue weighted by molar-refractivity contribution is 7.80. The van der Waals surface area contributed by atoms with E-state index in [1.807, 2.05) is 26.0 Å². The van der Waals surface area contributed by atoms with Gasteiger partial charge in [-0.05, 0) is 48.5 Å². The van der Waals surface area contributed by atoms with Gasteiger partial charge in [0.15, 0.2) is 16.1 Å². The molecule has 118 valence electrons. The molecule has 1 aliphatic heterocycles. The van der Waals surface area contributed by atoms with Crippen molar-refractivity contribution in [1.29, 1.82) is 0 Å². The van der Waals surface area contributed by atoms with E-state index in [4.69, 9.17) is 21.6 Å². The maximum absolute atomic E-state index is 5.39. The van der Waals surface area contributed by atoms with Gasteiger partial charge in [-0.1, -0.05) is 0 Å². The van der Waals surface area contributed by atoms with E-state index in [-0.39, 0.29) is 6.04 Å². The molecule has 7 nitrogen and oxygen atoms in total. The van der Waals surface area contributed by atoms with Crippen molar-refractivity contribution in [2.45, 2.75) is 19.9 Å². The van der Waals surface area contributed by atoms with Crippen LogP contribution >= 0.6 is 12.2 Å². The first kappa shape index (κ1) is 15.0. The first-order valence-electron chi connectivity index (χ1n) is 7.30. The standard InChI is InChI=1S/C14H19N5O2S/c1-9(2)15-14(22)16-10-3-4-11(13-12(10)17-21-18-13)19-5-7-20-8-6-19/h3-4,9H,5-8H2,1-2H3,(H2,15,16,22). The van der Waals surface area contributed by atoms with Gasteiger partial charge in [0.2, 0.25) is 0 Å². The van der Waals surface area contributed by atoms with Crippen molar-refractivity contribution in [2.24, 2.45) is 0 Å². The lowest BCUT2D eigenvalue weighted by molar-refractivity contribution is 0.123. The molecule has 2 heterocycles. The van der Waals surface area contributed by atoms with E-state index >= 15 is 0 Å². The molecule has 1 aliphatic rings. The van der Waals surface area contributed by atoms with Crippen LogP contribution in [-0.2, 0) is 4.74 Å². The zero-order chi connectivity index (χ0) is 15.5. The van der Waals surface area contributed by atoms with E-state index in [9.17, 15) is 0 Å². The van der Waals surface area contributed by atoms with Crippen LogP contribution in [0.2, 0.25) is 0 Å². The Labute approximate surface area is 133 Å². The van der Waals surface area contributed by atoms with Gasteiger partial charge >= 0.3 is 0 Å². The summed E-state index contributed by atoms with van der Waals surface area (Å²) in [6, 6.07) is 4.22. The van der Waals surface area contributed by atoms with Gasteiger partial charge in [-0.3, -0.25) is 0 Å². The second kappa shape index (κ2) is 6.45. The molecule has 3 rings (SSSR count). The summed E-state index contributed by atoms with van der Waals surface area (Å²) >= 11 is 5.28. The normalized spacial score (nSPS) is 15.3. The Morgan fingerprint density at radius 1 is 1.23 bits per heavy atom. The van der Waals surface area contributed by atoms with Crippen LogP contribution in [0.15, 0.2) is 16.8 Å². The SMILES string of the molecule is CC(C)NC(=S)Nc1ccc(N2CCOCC2)c2nonc12. The molecule has 0 spiro atoms. The highest BCUT2D eigenvalue weighted by atomic mass is 32.1. The van der Waals surface area contributed by atoms with Gasteiger partial charge in [0, 0.05) is 19.1 Å². The maximum Gasteiger partial charge on any atom is 0.171 e. The average Bonchev–Trinajstić information content (AvgIpc) is 2.97. The molecule has 1 aromatic heterocycles. The minimum atomic E-state index is 0.263. The average molecular weight is 321 g/mol. The first-order chi connectivity index (χ1) is 10.6. The summed E-state index contributed by atoms with van der Waals surface area (Å²) in [7, 11) is 0. The summed E-state index contributed by atoms with van der Waals surface area (Å²) in [6.07, 6.45) is 0. The van der Waals surface area contributed by atoms with Crippen molar-refractivity contribution in [3.05, 3.63) is 12.1 Å². The van der Waals surface area contributed by atoms with Gasteiger partial charge in [0.25, 0.3) is 0 Å². The number of aromatic nitrogens is 2. The van der Waals surface area contributed by atoms with Crippen molar-refractivity contribution in [3.8, 4) is 0 Å². The largest absolute Gasteiger partial charge is 0.378 e. The lowest BCUT2D eigenvalue weighted by Gasteiger charge is -2.28. The fourth-order valence-electron chi connectivity index (χ4n) is 2.43. The van der Waals surface area contributed by atoms with Gasteiger partial charge in [-0.2, -0.15) is 0 Å². The van der Waals surface area contributed by atoms with Crippen LogP contribution in [-0.4, -0.2) is 47.8 Å². The molecule has 22 heavy (non-hydrogen) atoms. The predicted octanol–water partition coefficient (Wildman–Crippen LogP) is 1.75. The Bertz CT molecular complexity index is 666. The predicted molar refractivity (Wildman–Crippen MR) is 89.3 cm³/mol. The molecule has 0 aliphatic carbocycles. The summed E-state index contributed by atoms with van der Waals surface area (Å²) in [4.78, 5) is 2.23. The molecular formula is C14H19N5O2S. The van der Waals surface area contributed by atoms with Crippen LogP contribution in [0.5, 0.6) is 0 Å². The van der Waals surface area contributed by atoms with Crippen molar-refractivity contribution >= 4 is 39.7 Å². The van der Waals surface area contributed by atoms with Crippen LogP contribution in [0, 0.1) is 0 Å². The van der Waals surface area contributed by atoms with E-state index in [1.165, 1.54) is 0 Å². The molecule has 2 aromatic rings. The number of rotatable bonds is 3. The fourth-order valence-corrected chi connectivity index (χ4v) is 2.78. The monoisotopic (exact) mass is 321 g/mol. The zero-order valence-electron chi connectivity index (χ0n) is 12.6. The topological polar surface area (TPSA) is 75.5 Å². The lowest BCUT2D eigenvalue weighted by Crippen LogP contribution is -2.36. The van der Waals surface area contributed by atoms with Gasteiger partial charge in [0.1, 0.15) is 0 Å². The molecule has 2 N–H and O–H groups in total. The van der Waals surface area contributed by atoms with Crippen LogP contribution in [0.3, 0.4) is 0 Å². The number of morpholine rings is 1. The Balaban J connectivity index is 1.87. The molecule has 0 saturated carbocycles. The molecular weight excluding hydrogens is 302 g/mol.